The van der Waals surface area contributed by atoms with Crippen molar-refractivity contribution in [3.05, 3.63) is 83.7 Å². The molecule has 0 saturated heterocycles. The first-order chi connectivity index (χ1) is 16.4. The average Bonchev–Trinajstić information content (AvgIpc) is 2.85. The van der Waals surface area contributed by atoms with Crippen LogP contribution in [0.1, 0.15) is 27.9 Å². The Bertz CT molecular complexity index is 1170. The fourth-order valence-corrected chi connectivity index (χ4v) is 4.03. The van der Waals surface area contributed by atoms with E-state index >= 15 is 0 Å². The minimum Gasteiger partial charge on any atom is -0.548 e. The number of carbonyl (C=O) groups is 2. The van der Waals surface area contributed by atoms with Crippen LogP contribution in [-0.4, -0.2) is 49.0 Å². The van der Waals surface area contributed by atoms with Gasteiger partial charge >= 0.3 is 29.6 Å². The van der Waals surface area contributed by atoms with Crippen LogP contribution in [0, 0.1) is 0 Å². The van der Waals surface area contributed by atoms with Gasteiger partial charge in [0.05, 0.1) is 12.0 Å². The maximum Gasteiger partial charge on any atom is 1.00 e. The number of aliphatic carboxylic acids is 1. The van der Waals surface area contributed by atoms with E-state index in [9.17, 15) is 14.7 Å². The summed E-state index contributed by atoms with van der Waals surface area (Å²) < 4.78 is 0. The number of anilines is 1. The first-order valence-corrected chi connectivity index (χ1v) is 12.3. The SMILES string of the molecule is CSCC[C@H](NC(=O)c1ccc(/C=C/c2cnccc2N(C)C)cc1-c1ccccc1)C(=O)[O-].[Na+]. The maximum absolute atomic E-state index is 13.1. The van der Waals surface area contributed by atoms with Crippen LogP contribution in [0.15, 0.2) is 67.0 Å². The number of hydrogen-bond donors (Lipinski definition) is 1. The maximum atomic E-state index is 13.1. The third-order valence-corrected chi connectivity index (χ3v) is 5.98. The smallest absolute Gasteiger partial charge is 0.548 e. The molecule has 0 bridgehead atoms. The summed E-state index contributed by atoms with van der Waals surface area (Å²) in [6.07, 6.45) is 9.71. The molecule has 3 rings (SSSR count). The molecule has 0 radical (unpaired) electrons. The summed E-state index contributed by atoms with van der Waals surface area (Å²) in [7, 11) is 3.96. The summed E-state index contributed by atoms with van der Waals surface area (Å²) in [5, 5.41) is 14.2. The Morgan fingerprint density at radius 1 is 1.11 bits per heavy atom. The van der Waals surface area contributed by atoms with Crippen molar-refractivity contribution in [2.24, 2.45) is 0 Å². The predicted octanol–water partition coefficient (Wildman–Crippen LogP) is 0.590. The third kappa shape index (κ3) is 7.97. The number of pyridine rings is 1. The molecule has 0 fully saturated rings. The second-order valence-corrected chi connectivity index (χ2v) is 8.95. The van der Waals surface area contributed by atoms with Gasteiger partial charge in [0.1, 0.15) is 0 Å². The molecule has 0 aliphatic rings. The Labute approximate surface area is 233 Å². The summed E-state index contributed by atoms with van der Waals surface area (Å²) in [6, 6.07) is 16.0. The molecular formula is C27H28N3NaO3S. The minimum atomic E-state index is -1.28. The Morgan fingerprint density at radius 2 is 1.86 bits per heavy atom. The zero-order valence-electron chi connectivity index (χ0n) is 20.5. The number of hydrogen-bond acceptors (Lipinski definition) is 6. The van der Waals surface area contributed by atoms with Gasteiger partial charge in [0.2, 0.25) is 0 Å². The fourth-order valence-electron chi connectivity index (χ4n) is 3.56. The molecule has 1 amide bonds. The summed E-state index contributed by atoms with van der Waals surface area (Å²) in [6.45, 7) is 0. The van der Waals surface area contributed by atoms with Crippen molar-refractivity contribution in [2.45, 2.75) is 12.5 Å². The molecule has 1 aromatic heterocycles. The number of carbonyl (C=O) groups excluding carboxylic acids is 2. The van der Waals surface area contributed by atoms with Gasteiger partial charge in [-0.3, -0.25) is 9.78 Å². The molecular weight excluding hydrogens is 469 g/mol. The van der Waals surface area contributed by atoms with Crippen LogP contribution < -0.4 is 44.9 Å². The number of thioether (sulfide) groups is 1. The first kappa shape index (κ1) is 28.7. The number of benzene rings is 2. The van der Waals surface area contributed by atoms with Crippen LogP contribution in [0.3, 0.4) is 0 Å². The first-order valence-electron chi connectivity index (χ1n) is 10.9. The Morgan fingerprint density at radius 3 is 2.51 bits per heavy atom. The number of carboxylic acid groups (broad SMARTS) is 1. The third-order valence-electron chi connectivity index (χ3n) is 5.34. The fraction of sp³-hybridized carbons (Fsp3) is 0.222. The van der Waals surface area contributed by atoms with Crippen molar-refractivity contribution < 1.29 is 44.3 Å². The molecule has 8 heteroatoms. The van der Waals surface area contributed by atoms with Crippen molar-refractivity contribution in [1.82, 2.24) is 10.3 Å². The van der Waals surface area contributed by atoms with E-state index in [1.807, 2.05) is 85.9 Å². The van der Waals surface area contributed by atoms with E-state index in [2.05, 4.69) is 10.3 Å². The average molecular weight is 498 g/mol. The normalized spacial score (nSPS) is 11.5. The molecule has 0 aliphatic carbocycles. The summed E-state index contributed by atoms with van der Waals surface area (Å²) >= 11 is 1.52. The molecule has 35 heavy (non-hydrogen) atoms. The van der Waals surface area contributed by atoms with Gasteiger partial charge in [-0.25, -0.2) is 0 Å². The van der Waals surface area contributed by atoms with E-state index in [0.29, 0.717) is 17.7 Å². The summed E-state index contributed by atoms with van der Waals surface area (Å²) in [5.74, 6) is -1.11. The van der Waals surface area contributed by atoms with Gasteiger partial charge < -0.3 is 20.1 Å². The van der Waals surface area contributed by atoms with Crippen LogP contribution in [0.4, 0.5) is 5.69 Å². The summed E-state index contributed by atoms with van der Waals surface area (Å²) in [4.78, 5) is 30.9. The van der Waals surface area contributed by atoms with Gasteiger partial charge in [0, 0.05) is 43.3 Å². The van der Waals surface area contributed by atoms with E-state index in [1.54, 1.807) is 18.5 Å². The zero-order chi connectivity index (χ0) is 24.5. The van der Waals surface area contributed by atoms with Crippen LogP contribution in [0.5, 0.6) is 0 Å². The van der Waals surface area contributed by atoms with Crippen molar-refractivity contribution >= 4 is 41.5 Å². The zero-order valence-corrected chi connectivity index (χ0v) is 23.3. The van der Waals surface area contributed by atoms with Crippen molar-refractivity contribution in [1.29, 1.82) is 0 Å². The molecule has 1 atom stereocenters. The van der Waals surface area contributed by atoms with Crippen LogP contribution >= 0.6 is 11.8 Å². The standard InChI is InChI=1S/C27H29N3O3S.Na/c1-30(2)25-13-15-28-18-21(25)11-9-19-10-12-22(23(17-19)20-7-5-4-6-8-20)26(31)29-24(27(32)33)14-16-34-3;/h4-13,15,17-18,24H,14,16H2,1-3H3,(H,29,31)(H,32,33);/q;+1/p-1/b11-9+;/t24-;/m0./s1. The van der Waals surface area contributed by atoms with E-state index in [4.69, 9.17) is 0 Å². The minimum absolute atomic E-state index is 0. The van der Waals surface area contributed by atoms with Gasteiger partial charge in [-0.1, -0.05) is 48.6 Å². The largest absolute Gasteiger partial charge is 1.00 e. The number of nitrogens with zero attached hydrogens (tertiary/aromatic N) is 2. The number of nitrogens with one attached hydrogen (secondary N) is 1. The topological polar surface area (TPSA) is 85.4 Å². The van der Waals surface area contributed by atoms with E-state index < -0.39 is 17.9 Å². The molecule has 176 valence electrons. The van der Waals surface area contributed by atoms with Gasteiger partial charge in [-0.2, -0.15) is 11.8 Å². The monoisotopic (exact) mass is 497 g/mol. The number of rotatable bonds is 10. The summed E-state index contributed by atoms with van der Waals surface area (Å²) in [5.41, 5.74) is 4.93. The van der Waals surface area contributed by atoms with Crippen LogP contribution in [0.2, 0.25) is 0 Å². The van der Waals surface area contributed by atoms with Crippen molar-refractivity contribution in [3.63, 3.8) is 0 Å². The van der Waals surface area contributed by atoms with Crippen molar-refractivity contribution in [3.8, 4) is 11.1 Å². The predicted molar refractivity (Wildman–Crippen MR) is 139 cm³/mol. The van der Waals surface area contributed by atoms with E-state index in [-0.39, 0.29) is 29.6 Å². The number of carboxylic acids is 1. The molecule has 0 aliphatic heterocycles. The molecule has 0 unspecified atom stereocenters. The van der Waals surface area contributed by atoms with Gasteiger partial charge in [-0.15, -0.1) is 0 Å². The Balaban J connectivity index is 0.00000432. The second-order valence-electron chi connectivity index (χ2n) is 7.96. The number of aromatic nitrogens is 1. The molecule has 6 nitrogen and oxygen atoms in total. The van der Waals surface area contributed by atoms with Gasteiger partial charge in [0.15, 0.2) is 0 Å². The molecule has 1 N–H and O–H groups in total. The molecule has 3 aromatic rings. The van der Waals surface area contributed by atoms with E-state index in [0.717, 1.165) is 27.9 Å². The molecule has 0 spiro atoms. The van der Waals surface area contributed by atoms with Gasteiger partial charge in [0.25, 0.3) is 5.91 Å². The molecule has 0 saturated carbocycles. The number of amides is 1. The Hall–Kier alpha value is -2.58. The quantitative estimate of drug-likeness (QED) is 0.413. The van der Waals surface area contributed by atoms with E-state index in [1.165, 1.54) is 11.8 Å². The van der Waals surface area contributed by atoms with Crippen molar-refractivity contribution in [2.75, 3.05) is 31.0 Å². The van der Waals surface area contributed by atoms with Crippen LogP contribution in [0.25, 0.3) is 23.3 Å². The Kier molecular flexibility index (Phi) is 11.5. The van der Waals surface area contributed by atoms with Gasteiger partial charge in [-0.05, 0) is 53.3 Å². The second kappa shape index (κ2) is 14.1. The van der Waals surface area contributed by atoms with Crippen LogP contribution in [-0.2, 0) is 4.79 Å². The molecule has 1 heterocycles. The molecule has 2 aromatic carbocycles.